The van der Waals surface area contributed by atoms with E-state index in [-0.39, 0.29) is 5.31 Å². The van der Waals surface area contributed by atoms with Crippen LogP contribution < -0.4 is 0 Å². The zero-order chi connectivity index (χ0) is 9.64. The molecule has 3 heteroatoms. The van der Waals surface area contributed by atoms with Crippen LogP contribution in [0.15, 0.2) is 4.99 Å². The average molecular weight is 176 g/mol. The molecule has 0 bridgehead atoms. The number of hydrogen-bond donors (Lipinski definition) is 0. The maximum absolute atomic E-state index is 6.25. The van der Waals surface area contributed by atoms with Crippen LogP contribution in [0.2, 0.25) is 5.31 Å². The molecule has 1 aliphatic heterocycles. The first kappa shape index (κ1) is 9.10. The van der Waals surface area contributed by atoms with E-state index in [1.165, 1.54) is 12.8 Å². The van der Waals surface area contributed by atoms with Gasteiger partial charge in [-0.3, -0.25) is 4.99 Å². The minimum Gasteiger partial charge on any atom is -0.359 e. The molecule has 1 fully saturated rings. The molecular formula is C10H17BN2. The highest BCUT2D eigenvalue weighted by Crippen LogP contribution is 2.45. The van der Waals surface area contributed by atoms with E-state index < -0.39 is 0 Å². The third kappa shape index (κ3) is 1.29. The van der Waals surface area contributed by atoms with Crippen molar-refractivity contribution in [2.75, 3.05) is 7.05 Å². The van der Waals surface area contributed by atoms with Crippen LogP contribution in [0.25, 0.3) is 0 Å². The molecule has 1 saturated carbocycles. The van der Waals surface area contributed by atoms with Crippen molar-refractivity contribution in [2.24, 2.45) is 4.99 Å². The quantitative estimate of drug-likeness (QED) is 0.512. The van der Waals surface area contributed by atoms with Crippen LogP contribution in [0, 0.1) is 0 Å². The van der Waals surface area contributed by atoms with Gasteiger partial charge in [0, 0.05) is 7.05 Å². The van der Waals surface area contributed by atoms with Crippen LogP contribution in [-0.2, 0) is 0 Å². The standard InChI is InChI=1S/C10H17BN2/c1-7-12-9-8(13(7)3)5-4-6-10(9,2)11/h8-9H,4-6H2,1-3H3. The average Bonchev–Trinajstić information content (AvgIpc) is 2.32. The molecule has 0 N–H and O–H groups in total. The summed E-state index contributed by atoms with van der Waals surface area (Å²) < 4.78 is 0. The number of hydrogen-bond acceptors (Lipinski definition) is 2. The summed E-state index contributed by atoms with van der Waals surface area (Å²) in [4.78, 5) is 6.95. The molecule has 0 amide bonds. The van der Waals surface area contributed by atoms with Gasteiger partial charge in [0.1, 0.15) is 0 Å². The Kier molecular flexibility index (Phi) is 1.93. The molecular weight excluding hydrogens is 159 g/mol. The topological polar surface area (TPSA) is 15.6 Å². The third-order valence-electron chi connectivity index (χ3n) is 3.59. The summed E-state index contributed by atoms with van der Waals surface area (Å²) in [5, 5.41) is -0.0884. The van der Waals surface area contributed by atoms with E-state index in [0.29, 0.717) is 12.1 Å². The Labute approximate surface area is 81.8 Å². The Morgan fingerprint density at radius 2 is 2.31 bits per heavy atom. The van der Waals surface area contributed by atoms with Gasteiger partial charge < -0.3 is 4.90 Å². The van der Waals surface area contributed by atoms with Crippen molar-refractivity contribution < 1.29 is 0 Å². The van der Waals surface area contributed by atoms with Crippen molar-refractivity contribution in [3.8, 4) is 0 Å². The van der Waals surface area contributed by atoms with Crippen LogP contribution in [0.5, 0.6) is 0 Å². The Bertz CT molecular complexity index is 247. The highest BCUT2D eigenvalue weighted by molar-refractivity contribution is 6.16. The fourth-order valence-electron chi connectivity index (χ4n) is 2.61. The van der Waals surface area contributed by atoms with Crippen LogP contribution in [0.1, 0.15) is 33.1 Å². The molecule has 1 aliphatic carbocycles. The maximum Gasteiger partial charge on any atom is 0.0962 e. The minimum atomic E-state index is -0.0884. The fourth-order valence-corrected chi connectivity index (χ4v) is 2.61. The Morgan fingerprint density at radius 3 is 2.92 bits per heavy atom. The van der Waals surface area contributed by atoms with E-state index >= 15 is 0 Å². The van der Waals surface area contributed by atoms with Crippen molar-refractivity contribution in [3.05, 3.63) is 0 Å². The van der Waals surface area contributed by atoms with Gasteiger partial charge in [-0.15, -0.1) is 0 Å². The van der Waals surface area contributed by atoms with Crippen molar-refractivity contribution in [1.82, 2.24) is 4.90 Å². The van der Waals surface area contributed by atoms with Gasteiger partial charge in [-0.05, 0) is 18.7 Å². The smallest absolute Gasteiger partial charge is 0.0962 e. The lowest BCUT2D eigenvalue weighted by Gasteiger charge is -2.41. The maximum atomic E-state index is 6.25. The highest BCUT2D eigenvalue weighted by Gasteiger charge is 2.43. The number of nitrogens with zero attached hydrogens (tertiary/aromatic N) is 2. The van der Waals surface area contributed by atoms with Crippen LogP contribution >= 0.6 is 0 Å². The molecule has 1 heterocycles. The number of fused-ring (bicyclic) bond motifs is 1. The first-order chi connectivity index (χ1) is 6.02. The van der Waals surface area contributed by atoms with Crippen LogP contribution in [0.3, 0.4) is 0 Å². The molecule has 2 nitrogen and oxygen atoms in total. The summed E-state index contributed by atoms with van der Waals surface area (Å²) >= 11 is 0. The van der Waals surface area contributed by atoms with Crippen molar-refractivity contribution in [1.29, 1.82) is 0 Å². The lowest BCUT2D eigenvalue weighted by Crippen LogP contribution is -2.44. The van der Waals surface area contributed by atoms with E-state index in [1.54, 1.807) is 0 Å². The summed E-state index contributed by atoms with van der Waals surface area (Å²) in [5.74, 6) is 1.15. The van der Waals surface area contributed by atoms with E-state index in [9.17, 15) is 0 Å². The number of likely N-dealkylation sites (N-methyl/N-ethyl adjacent to an activating group) is 1. The monoisotopic (exact) mass is 176 g/mol. The largest absolute Gasteiger partial charge is 0.359 e. The molecule has 0 saturated heterocycles. The summed E-state index contributed by atoms with van der Waals surface area (Å²) in [7, 11) is 8.38. The molecule has 13 heavy (non-hydrogen) atoms. The highest BCUT2D eigenvalue weighted by atomic mass is 15.3. The van der Waals surface area contributed by atoms with E-state index in [2.05, 4.69) is 30.8 Å². The predicted molar refractivity (Wildman–Crippen MR) is 56.4 cm³/mol. The molecule has 2 aliphatic rings. The molecule has 70 valence electrons. The third-order valence-corrected chi connectivity index (χ3v) is 3.59. The zero-order valence-electron chi connectivity index (χ0n) is 8.75. The number of rotatable bonds is 0. The SMILES string of the molecule is [B]C1(C)CCCC2C1N=C(C)N2C. The van der Waals surface area contributed by atoms with Gasteiger partial charge >= 0.3 is 0 Å². The van der Waals surface area contributed by atoms with Crippen molar-refractivity contribution in [3.63, 3.8) is 0 Å². The van der Waals surface area contributed by atoms with Gasteiger partial charge in [0.05, 0.1) is 25.8 Å². The lowest BCUT2D eigenvalue weighted by molar-refractivity contribution is 0.233. The molecule has 0 aromatic heterocycles. The zero-order valence-corrected chi connectivity index (χ0v) is 8.75. The van der Waals surface area contributed by atoms with Gasteiger partial charge in [-0.2, -0.15) is 0 Å². The molecule has 2 rings (SSSR count). The Hall–Kier alpha value is -0.465. The number of amidine groups is 1. The van der Waals surface area contributed by atoms with Gasteiger partial charge in [0.2, 0.25) is 0 Å². The summed E-state index contributed by atoms with van der Waals surface area (Å²) in [6, 6.07) is 0.884. The van der Waals surface area contributed by atoms with Gasteiger partial charge in [-0.25, -0.2) is 0 Å². The summed E-state index contributed by atoms with van der Waals surface area (Å²) in [6.45, 7) is 4.22. The molecule has 3 atom stereocenters. The lowest BCUT2D eigenvalue weighted by atomic mass is 9.58. The minimum absolute atomic E-state index is 0.0884. The molecule has 3 unspecified atom stereocenters. The molecule has 2 radical (unpaired) electrons. The van der Waals surface area contributed by atoms with Crippen LogP contribution in [0.4, 0.5) is 0 Å². The van der Waals surface area contributed by atoms with Crippen molar-refractivity contribution in [2.45, 2.75) is 50.5 Å². The van der Waals surface area contributed by atoms with E-state index in [0.717, 1.165) is 12.3 Å². The molecule has 0 spiro atoms. The Morgan fingerprint density at radius 1 is 1.62 bits per heavy atom. The number of aliphatic imine (C=N–C) groups is 1. The normalized spacial score (nSPS) is 44.5. The second-order valence-corrected chi connectivity index (χ2v) is 4.70. The van der Waals surface area contributed by atoms with Gasteiger partial charge in [-0.1, -0.05) is 19.8 Å². The molecule has 0 aromatic rings. The van der Waals surface area contributed by atoms with Gasteiger partial charge in [0.15, 0.2) is 0 Å². The van der Waals surface area contributed by atoms with E-state index in [4.69, 9.17) is 7.85 Å². The first-order valence-corrected chi connectivity index (χ1v) is 5.08. The summed E-state index contributed by atoms with van der Waals surface area (Å²) in [6.07, 6.45) is 3.59. The first-order valence-electron chi connectivity index (χ1n) is 5.08. The summed E-state index contributed by atoms with van der Waals surface area (Å²) in [5.41, 5.74) is 0. The van der Waals surface area contributed by atoms with Gasteiger partial charge in [0.25, 0.3) is 0 Å². The Balaban J connectivity index is 2.26. The molecule has 0 aromatic carbocycles. The fraction of sp³-hybridized carbons (Fsp3) is 0.900. The van der Waals surface area contributed by atoms with Crippen LogP contribution in [-0.4, -0.2) is 37.7 Å². The predicted octanol–water partition coefficient (Wildman–Crippen LogP) is 1.62. The van der Waals surface area contributed by atoms with E-state index in [1.807, 2.05) is 0 Å². The van der Waals surface area contributed by atoms with Crippen molar-refractivity contribution >= 4 is 13.7 Å². The second-order valence-electron chi connectivity index (χ2n) is 4.70. The second kappa shape index (κ2) is 2.76.